The van der Waals surface area contributed by atoms with Gasteiger partial charge >= 0.3 is 5.97 Å². The molecule has 0 radical (unpaired) electrons. The summed E-state index contributed by atoms with van der Waals surface area (Å²) in [5.41, 5.74) is -0.319. The molecule has 102 valence electrons. The molecule has 0 saturated carbocycles. The van der Waals surface area contributed by atoms with Crippen molar-refractivity contribution in [1.82, 2.24) is 4.90 Å². The highest BCUT2D eigenvalue weighted by Crippen LogP contribution is 2.25. The number of phenolic OH excluding ortho intramolecular Hbond substituents is 1. The molecule has 3 N–H and O–H groups in total. The van der Waals surface area contributed by atoms with Crippen LogP contribution in [0.1, 0.15) is 16.8 Å². The fourth-order valence-corrected chi connectivity index (χ4v) is 2.11. The lowest BCUT2D eigenvalue weighted by molar-refractivity contribution is -0.141. The number of rotatable bonds is 2. The van der Waals surface area contributed by atoms with Crippen molar-refractivity contribution in [2.24, 2.45) is 0 Å². The molecule has 6 nitrogen and oxygen atoms in total. The normalized spacial score (nSPS) is 22.5. The topological polar surface area (TPSA) is 98.1 Å². The number of hydrogen-bond donors (Lipinski definition) is 3. The van der Waals surface area contributed by atoms with Gasteiger partial charge in [-0.3, -0.25) is 4.79 Å². The summed E-state index contributed by atoms with van der Waals surface area (Å²) in [4.78, 5) is 24.0. The van der Waals surface area contributed by atoms with E-state index in [0.29, 0.717) is 0 Å². The molecule has 1 amide bonds. The Morgan fingerprint density at radius 2 is 2.05 bits per heavy atom. The van der Waals surface area contributed by atoms with Gasteiger partial charge in [0, 0.05) is 13.0 Å². The number of aromatic hydroxyl groups is 1. The van der Waals surface area contributed by atoms with Crippen molar-refractivity contribution in [1.29, 1.82) is 0 Å². The van der Waals surface area contributed by atoms with E-state index >= 15 is 0 Å². The monoisotopic (exact) mass is 269 g/mol. The van der Waals surface area contributed by atoms with Gasteiger partial charge in [0.1, 0.15) is 17.6 Å². The molecule has 1 aromatic carbocycles. The maximum atomic E-state index is 13.1. The predicted octanol–water partition coefficient (Wildman–Crippen LogP) is 0.191. The highest BCUT2D eigenvalue weighted by molar-refractivity contribution is 5.99. The number of aliphatic hydroxyl groups excluding tert-OH is 1. The number of β-amino-alcohol motifs (C(OH)–C–C–N with tert-alkyl or cyclic N) is 1. The third kappa shape index (κ3) is 2.50. The van der Waals surface area contributed by atoms with Gasteiger partial charge in [-0.25, -0.2) is 9.18 Å². The molecule has 1 heterocycles. The average molecular weight is 269 g/mol. The summed E-state index contributed by atoms with van der Waals surface area (Å²) in [5, 5.41) is 28.0. The summed E-state index contributed by atoms with van der Waals surface area (Å²) in [5.74, 6) is -3.22. The van der Waals surface area contributed by atoms with Crippen molar-refractivity contribution in [2.45, 2.75) is 18.6 Å². The van der Waals surface area contributed by atoms with Gasteiger partial charge in [-0.1, -0.05) is 0 Å². The molecular formula is C12H12FNO5. The summed E-state index contributed by atoms with van der Waals surface area (Å²) in [6.45, 7) is -0.161. The van der Waals surface area contributed by atoms with Crippen LogP contribution in [0.2, 0.25) is 0 Å². The molecule has 1 aromatic rings. The Morgan fingerprint density at radius 1 is 1.37 bits per heavy atom. The number of nitrogens with zero attached hydrogens (tertiary/aromatic N) is 1. The van der Waals surface area contributed by atoms with Crippen molar-refractivity contribution in [3.8, 4) is 5.75 Å². The Bertz CT molecular complexity index is 533. The second-order valence-electron chi connectivity index (χ2n) is 4.36. The zero-order valence-corrected chi connectivity index (χ0v) is 9.78. The van der Waals surface area contributed by atoms with E-state index in [-0.39, 0.29) is 18.5 Å². The van der Waals surface area contributed by atoms with Crippen molar-refractivity contribution in [2.75, 3.05) is 6.54 Å². The number of halogens is 1. The molecule has 0 unspecified atom stereocenters. The lowest BCUT2D eigenvalue weighted by Gasteiger charge is -2.21. The maximum absolute atomic E-state index is 13.1. The predicted molar refractivity (Wildman–Crippen MR) is 61.1 cm³/mol. The van der Waals surface area contributed by atoms with Crippen LogP contribution in [0.15, 0.2) is 18.2 Å². The minimum atomic E-state index is -1.25. The van der Waals surface area contributed by atoms with E-state index in [1.54, 1.807) is 0 Å². The van der Waals surface area contributed by atoms with Gasteiger partial charge in [0.05, 0.1) is 11.7 Å². The molecule has 2 atom stereocenters. The van der Waals surface area contributed by atoms with Crippen LogP contribution in [0, 0.1) is 5.82 Å². The second-order valence-corrected chi connectivity index (χ2v) is 4.36. The summed E-state index contributed by atoms with van der Waals surface area (Å²) in [6, 6.07) is 1.66. The fraction of sp³-hybridized carbons (Fsp3) is 0.333. The van der Waals surface area contributed by atoms with Crippen molar-refractivity contribution in [3.63, 3.8) is 0 Å². The zero-order valence-electron chi connectivity index (χ0n) is 9.78. The van der Waals surface area contributed by atoms with Crippen LogP contribution in [0.5, 0.6) is 5.75 Å². The molecule has 0 bridgehead atoms. The van der Waals surface area contributed by atoms with Gasteiger partial charge in [-0.05, 0) is 18.2 Å². The van der Waals surface area contributed by atoms with Crippen LogP contribution >= 0.6 is 0 Å². The Kier molecular flexibility index (Phi) is 3.39. The van der Waals surface area contributed by atoms with Gasteiger partial charge in [0.15, 0.2) is 0 Å². The molecular weight excluding hydrogens is 257 g/mol. The smallest absolute Gasteiger partial charge is 0.326 e. The standard InChI is InChI=1S/C12H12FNO5/c13-6-1-2-10(16)8(3-6)11(17)14-5-7(15)4-9(14)12(18)19/h1-3,7,9,15-16H,4-5H2,(H,18,19)/t7-,9-/m1/s1. The number of aliphatic carboxylic acids is 1. The van der Waals surface area contributed by atoms with Gasteiger partial charge < -0.3 is 20.2 Å². The number of carboxylic acids is 1. The summed E-state index contributed by atoms with van der Waals surface area (Å²) < 4.78 is 13.1. The maximum Gasteiger partial charge on any atom is 0.326 e. The molecule has 0 spiro atoms. The van der Waals surface area contributed by atoms with Crippen LogP contribution < -0.4 is 0 Å². The van der Waals surface area contributed by atoms with E-state index in [9.17, 15) is 24.2 Å². The molecule has 0 aromatic heterocycles. The number of likely N-dealkylation sites (tertiary alicyclic amines) is 1. The largest absolute Gasteiger partial charge is 0.507 e. The third-order valence-corrected chi connectivity index (χ3v) is 3.01. The first-order chi connectivity index (χ1) is 8.90. The number of aliphatic hydroxyl groups is 1. The molecule has 2 rings (SSSR count). The quantitative estimate of drug-likeness (QED) is 0.712. The van der Waals surface area contributed by atoms with E-state index in [1.807, 2.05) is 0 Å². The van der Waals surface area contributed by atoms with Gasteiger partial charge in [0.2, 0.25) is 0 Å². The van der Waals surface area contributed by atoms with E-state index in [2.05, 4.69) is 0 Å². The minimum absolute atomic E-state index is 0.0862. The number of hydrogen-bond acceptors (Lipinski definition) is 4. The number of carbonyl (C=O) groups excluding carboxylic acids is 1. The van der Waals surface area contributed by atoms with E-state index in [1.165, 1.54) is 0 Å². The minimum Gasteiger partial charge on any atom is -0.507 e. The SMILES string of the molecule is O=C(O)[C@H]1C[C@@H](O)CN1C(=O)c1cc(F)ccc1O. The Balaban J connectivity index is 2.33. The number of carbonyl (C=O) groups is 2. The van der Waals surface area contributed by atoms with Crippen LogP contribution in [0.3, 0.4) is 0 Å². The Morgan fingerprint density at radius 3 is 2.68 bits per heavy atom. The molecule has 0 aliphatic carbocycles. The lowest BCUT2D eigenvalue weighted by atomic mass is 10.1. The van der Waals surface area contributed by atoms with Gasteiger partial charge in [-0.15, -0.1) is 0 Å². The first-order valence-corrected chi connectivity index (χ1v) is 5.60. The number of phenols is 1. The fourth-order valence-electron chi connectivity index (χ4n) is 2.11. The number of amides is 1. The number of benzene rings is 1. The molecule has 19 heavy (non-hydrogen) atoms. The summed E-state index contributed by atoms with van der Waals surface area (Å²) in [7, 11) is 0. The second kappa shape index (κ2) is 4.85. The van der Waals surface area contributed by atoms with Crippen LogP contribution in [-0.4, -0.2) is 50.8 Å². The first-order valence-electron chi connectivity index (χ1n) is 5.60. The molecule has 1 aliphatic rings. The van der Waals surface area contributed by atoms with E-state index in [4.69, 9.17) is 5.11 Å². The molecule has 1 aliphatic heterocycles. The average Bonchev–Trinajstić information content (AvgIpc) is 2.74. The van der Waals surface area contributed by atoms with Crippen LogP contribution in [0.4, 0.5) is 4.39 Å². The highest BCUT2D eigenvalue weighted by atomic mass is 19.1. The van der Waals surface area contributed by atoms with Crippen molar-refractivity contribution >= 4 is 11.9 Å². The van der Waals surface area contributed by atoms with Crippen molar-refractivity contribution in [3.05, 3.63) is 29.6 Å². The van der Waals surface area contributed by atoms with Gasteiger partial charge in [0.25, 0.3) is 5.91 Å². The van der Waals surface area contributed by atoms with Crippen LogP contribution in [0.25, 0.3) is 0 Å². The molecule has 1 fully saturated rings. The Labute approximate surface area is 107 Å². The Hall–Kier alpha value is -2.15. The van der Waals surface area contributed by atoms with Crippen molar-refractivity contribution < 1.29 is 29.3 Å². The van der Waals surface area contributed by atoms with E-state index in [0.717, 1.165) is 23.1 Å². The highest BCUT2D eigenvalue weighted by Gasteiger charge is 2.39. The van der Waals surface area contributed by atoms with Gasteiger partial charge in [-0.2, -0.15) is 0 Å². The van der Waals surface area contributed by atoms with Crippen LogP contribution in [-0.2, 0) is 4.79 Å². The molecule has 1 saturated heterocycles. The number of carboxylic acid groups (broad SMARTS) is 1. The lowest BCUT2D eigenvalue weighted by Crippen LogP contribution is -2.40. The summed E-state index contributed by atoms with van der Waals surface area (Å²) >= 11 is 0. The van der Waals surface area contributed by atoms with E-state index < -0.39 is 35.6 Å². The third-order valence-electron chi connectivity index (χ3n) is 3.01. The first kappa shape index (κ1) is 13.3. The zero-order chi connectivity index (χ0) is 14.2. The molecule has 7 heteroatoms. The summed E-state index contributed by atoms with van der Waals surface area (Å²) in [6.07, 6.45) is -1.03.